The zero-order valence-electron chi connectivity index (χ0n) is 18.7. The van der Waals surface area contributed by atoms with Gasteiger partial charge in [-0.05, 0) is 59.0 Å². The second kappa shape index (κ2) is 9.37. The summed E-state index contributed by atoms with van der Waals surface area (Å²) in [5.41, 5.74) is 4.76. The van der Waals surface area contributed by atoms with Gasteiger partial charge in [-0.1, -0.05) is 36.4 Å². The number of hydrogen-bond donors (Lipinski definition) is 1. The number of rotatable bonds is 6. The summed E-state index contributed by atoms with van der Waals surface area (Å²) in [5.74, 6) is 1.06. The molecule has 0 atom stereocenters. The number of ether oxygens (including phenoxy) is 2. The van der Waals surface area contributed by atoms with Crippen molar-refractivity contribution in [2.24, 2.45) is 0 Å². The van der Waals surface area contributed by atoms with E-state index >= 15 is 0 Å². The fraction of sp³-hybridized carbons (Fsp3) is 0.0714. The number of aromatic amines is 1. The molecule has 3 heterocycles. The molecular weight excluding hydrogens is 444 g/mol. The summed E-state index contributed by atoms with van der Waals surface area (Å²) in [5, 5.41) is 2.86. The van der Waals surface area contributed by atoms with Gasteiger partial charge in [0.05, 0.1) is 31.0 Å². The third-order valence-corrected chi connectivity index (χ3v) is 6.50. The van der Waals surface area contributed by atoms with E-state index < -0.39 is 0 Å². The van der Waals surface area contributed by atoms with Crippen LogP contribution in [0, 0.1) is 0 Å². The van der Waals surface area contributed by atoms with Crippen LogP contribution in [0.5, 0.6) is 11.5 Å². The van der Waals surface area contributed by atoms with Gasteiger partial charge in [-0.3, -0.25) is 9.78 Å². The van der Waals surface area contributed by atoms with Crippen molar-refractivity contribution in [2.75, 3.05) is 14.2 Å². The van der Waals surface area contributed by atoms with E-state index in [-0.39, 0.29) is 5.56 Å². The smallest absolute Gasteiger partial charge is 0.257 e. The minimum atomic E-state index is -0.175. The molecule has 0 radical (unpaired) electrons. The van der Waals surface area contributed by atoms with E-state index in [1.54, 1.807) is 20.4 Å². The number of aromatic nitrogens is 2. The highest BCUT2D eigenvalue weighted by Crippen LogP contribution is 2.42. The lowest BCUT2D eigenvalue weighted by molar-refractivity contribution is 0.358. The minimum Gasteiger partial charge on any atom is -0.493 e. The van der Waals surface area contributed by atoms with Gasteiger partial charge in [0.1, 0.15) is 0 Å². The summed E-state index contributed by atoms with van der Waals surface area (Å²) in [6, 6.07) is 21.7. The predicted octanol–water partition coefficient (Wildman–Crippen LogP) is 6.51. The zero-order valence-corrected chi connectivity index (χ0v) is 19.6. The van der Waals surface area contributed by atoms with Crippen LogP contribution in [0.2, 0.25) is 0 Å². The fourth-order valence-corrected chi connectivity index (χ4v) is 4.87. The van der Waals surface area contributed by atoms with Crippen LogP contribution >= 0.6 is 11.3 Å². The molecule has 168 valence electrons. The van der Waals surface area contributed by atoms with Crippen molar-refractivity contribution in [1.29, 1.82) is 0 Å². The molecule has 0 bridgehead atoms. The maximum Gasteiger partial charge on any atom is 0.257 e. The molecule has 0 fully saturated rings. The number of nitrogens with one attached hydrogen (secondary N) is 1. The monoisotopic (exact) mass is 466 g/mol. The van der Waals surface area contributed by atoms with Crippen LogP contribution in [0.25, 0.3) is 44.6 Å². The molecule has 5 nitrogen and oxygen atoms in total. The molecule has 3 aromatic heterocycles. The third kappa shape index (κ3) is 4.00. The molecule has 0 aliphatic rings. The molecule has 5 aromatic rings. The summed E-state index contributed by atoms with van der Waals surface area (Å²) >= 11 is 1.54. The van der Waals surface area contributed by atoms with E-state index in [1.807, 2.05) is 78.2 Å². The summed E-state index contributed by atoms with van der Waals surface area (Å²) in [6.07, 6.45) is 5.77. The number of fused-ring (bicyclic) bond motifs is 1. The fourth-order valence-electron chi connectivity index (χ4n) is 4.09. The van der Waals surface area contributed by atoms with Crippen LogP contribution in [0.4, 0.5) is 0 Å². The normalized spacial score (nSPS) is 11.2. The first-order valence-electron chi connectivity index (χ1n) is 10.7. The predicted molar refractivity (Wildman–Crippen MR) is 140 cm³/mol. The minimum absolute atomic E-state index is 0.175. The summed E-state index contributed by atoms with van der Waals surface area (Å²) in [7, 11) is 3.16. The highest BCUT2D eigenvalue weighted by atomic mass is 32.1. The number of hydrogen-bond acceptors (Lipinski definition) is 5. The molecule has 0 spiro atoms. The van der Waals surface area contributed by atoms with Crippen molar-refractivity contribution < 1.29 is 9.47 Å². The largest absolute Gasteiger partial charge is 0.493 e. The Kier molecular flexibility index (Phi) is 5.97. The molecule has 0 saturated carbocycles. The number of H-pyrrole nitrogens is 1. The van der Waals surface area contributed by atoms with Crippen molar-refractivity contribution in [3.8, 4) is 33.1 Å². The van der Waals surface area contributed by atoms with Gasteiger partial charge in [0, 0.05) is 22.0 Å². The number of benzene rings is 2. The molecule has 0 aliphatic carbocycles. The molecule has 6 heteroatoms. The van der Waals surface area contributed by atoms with Gasteiger partial charge in [-0.25, -0.2) is 0 Å². The Morgan fingerprint density at radius 1 is 0.912 bits per heavy atom. The molecule has 0 amide bonds. The molecular formula is C28H22N2O3S. The Hall–Kier alpha value is -4.16. The van der Waals surface area contributed by atoms with Crippen molar-refractivity contribution in [3.05, 3.63) is 99.9 Å². The maximum absolute atomic E-state index is 13.4. The number of methoxy groups -OCH3 is 2. The van der Waals surface area contributed by atoms with E-state index in [9.17, 15) is 4.79 Å². The lowest BCUT2D eigenvalue weighted by Crippen LogP contribution is -2.11. The lowest BCUT2D eigenvalue weighted by atomic mass is 9.93. The molecule has 0 saturated heterocycles. The Bertz CT molecular complexity index is 1540. The SMILES string of the molecule is COc1ccc2c(-c3cccc(C=Cc4ccccn4)c3)c(-c3cccs3)c(=O)[nH]c2c1OC. The Morgan fingerprint density at radius 3 is 2.56 bits per heavy atom. The van der Waals surface area contributed by atoms with Gasteiger partial charge in [-0.2, -0.15) is 0 Å². The highest BCUT2D eigenvalue weighted by Gasteiger charge is 2.20. The van der Waals surface area contributed by atoms with Crippen molar-refractivity contribution in [2.45, 2.75) is 0 Å². The first-order valence-corrected chi connectivity index (χ1v) is 11.6. The number of pyridine rings is 2. The summed E-state index contributed by atoms with van der Waals surface area (Å²) in [4.78, 5) is 21.7. The first-order chi connectivity index (χ1) is 16.7. The van der Waals surface area contributed by atoms with Crippen molar-refractivity contribution >= 4 is 34.4 Å². The van der Waals surface area contributed by atoms with Crippen LogP contribution in [0.1, 0.15) is 11.3 Å². The zero-order chi connectivity index (χ0) is 23.5. The highest BCUT2D eigenvalue weighted by molar-refractivity contribution is 7.13. The molecule has 34 heavy (non-hydrogen) atoms. The Labute approximate surface area is 201 Å². The first kappa shape index (κ1) is 21.7. The lowest BCUT2D eigenvalue weighted by Gasteiger charge is -2.16. The molecule has 0 unspecified atom stereocenters. The Balaban J connectivity index is 1.76. The van der Waals surface area contributed by atoms with Crippen LogP contribution < -0.4 is 15.0 Å². The van der Waals surface area contributed by atoms with Gasteiger partial charge in [-0.15, -0.1) is 11.3 Å². The average molecular weight is 467 g/mol. The molecule has 2 aromatic carbocycles. The third-order valence-electron chi connectivity index (χ3n) is 5.61. The number of nitrogens with zero attached hydrogens (tertiary/aromatic N) is 1. The maximum atomic E-state index is 13.4. The van der Waals surface area contributed by atoms with Crippen LogP contribution in [-0.2, 0) is 0 Å². The quantitative estimate of drug-likeness (QED) is 0.310. The second-order valence-corrected chi connectivity index (χ2v) is 8.57. The van der Waals surface area contributed by atoms with Crippen molar-refractivity contribution in [3.63, 3.8) is 0 Å². The summed E-state index contributed by atoms with van der Waals surface area (Å²) in [6.45, 7) is 0. The van der Waals surface area contributed by atoms with Crippen LogP contribution in [-0.4, -0.2) is 24.2 Å². The summed E-state index contributed by atoms with van der Waals surface area (Å²) < 4.78 is 11.1. The van der Waals surface area contributed by atoms with E-state index in [0.717, 1.165) is 32.6 Å². The van der Waals surface area contributed by atoms with Gasteiger partial charge in [0.25, 0.3) is 5.56 Å². The van der Waals surface area contributed by atoms with Gasteiger partial charge in [0.15, 0.2) is 11.5 Å². The standard InChI is InChI=1S/C28H22N2O3S/c1-32-22-14-13-21-24(19-8-5-7-18(17-19)11-12-20-9-3-4-15-29-20)25(23-10-6-16-34-23)28(31)30-26(21)27(22)33-2/h3-17H,1-2H3,(H,30,31). The van der Waals surface area contributed by atoms with E-state index in [2.05, 4.69) is 16.0 Å². The molecule has 5 rings (SSSR count). The van der Waals surface area contributed by atoms with Crippen LogP contribution in [0.3, 0.4) is 0 Å². The van der Waals surface area contributed by atoms with Crippen molar-refractivity contribution in [1.82, 2.24) is 9.97 Å². The average Bonchev–Trinajstić information content (AvgIpc) is 3.41. The van der Waals surface area contributed by atoms with Gasteiger partial charge < -0.3 is 14.5 Å². The van der Waals surface area contributed by atoms with E-state index in [0.29, 0.717) is 22.6 Å². The Morgan fingerprint density at radius 2 is 1.82 bits per heavy atom. The molecule has 0 aliphatic heterocycles. The van der Waals surface area contributed by atoms with Gasteiger partial charge >= 0.3 is 0 Å². The van der Waals surface area contributed by atoms with E-state index in [4.69, 9.17) is 9.47 Å². The topological polar surface area (TPSA) is 64.2 Å². The van der Waals surface area contributed by atoms with Crippen LogP contribution in [0.15, 0.2) is 83.1 Å². The van der Waals surface area contributed by atoms with Gasteiger partial charge in [0.2, 0.25) is 0 Å². The molecule has 1 N–H and O–H groups in total. The second-order valence-electron chi connectivity index (χ2n) is 7.62. The van der Waals surface area contributed by atoms with E-state index in [1.165, 1.54) is 11.3 Å². The number of thiophene rings is 1.